The van der Waals surface area contributed by atoms with Gasteiger partial charge in [-0.2, -0.15) is 18.2 Å². The molecule has 16 heteroatoms. The van der Waals surface area contributed by atoms with E-state index in [1.165, 1.54) is 18.9 Å². The Morgan fingerprint density at radius 3 is 1.88 bits per heavy atom. The number of amides is 3. The molecule has 3 amide bonds. The summed E-state index contributed by atoms with van der Waals surface area (Å²) in [6, 6.07) is 10.5. The van der Waals surface area contributed by atoms with Crippen molar-refractivity contribution < 1.29 is 32.3 Å². The van der Waals surface area contributed by atoms with Gasteiger partial charge in [0.05, 0.1) is 24.2 Å². The summed E-state index contributed by atoms with van der Waals surface area (Å²) in [7, 11) is 3.06. The molecule has 0 spiro atoms. The fourth-order valence-corrected chi connectivity index (χ4v) is 6.00. The van der Waals surface area contributed by atoms with Crippen LogP contribution in [-0.2, 0) is 20.6 Å². The van der Waals surface area contributed by atoms with Gasteiger partial charge in [0.1, 0.15) is 17.1 Å². The number of benzene rings is 2. The van der Waals surface area contributed by atoms with Crippen LogP contribution in [0.15, 0.2) is 42.6 Å². The maximum Gasteiger partial charge on any atom is 0.421 e. The van der Waals surface area contributed by atoms with Crippen LogP contribution in [0.3, 0.4) is 0 Å². The molecule has 0 saturated carbocycles. The summed E-state index contributed by atoms with van der Waals surface area (Å²) in [5, 5.41) is 5.82. The molecule has 5 rings (SSSR count). The number of hydrogen-bond donors (Lipinski definition) is 2. The summed E-state index contributed by atoms with van der Waals surface area (Å²) in [6.07, 6.45) is -3.90. The molecule has 0 unspecified atom stereocenters. The maximum atomic E-state index is 14.3. The molecular formula is C34H42F3N9O4. The Hall–Kier alpha value is -5.28. The first kappa shape index (κ1) is 36.0. The van der Waals surface area contributed by atoms with Gasteiger partial charge in [-0.3, -0.25) is 14.4 Å². The van der Waals surface area contributed by atoms with Crippen LogP contribution in [0.2, 0.25) is 0 Å². The first-order chi connectivity index (χ1) is 23.8. The van der Waals surface area contributed by atoms with Crippen LogP contribution in [0.4, 0.5) is 53.4 Å². The lowest BCUT2D eigenvalue weighted by molar-refractivity contribution is -0.137. The van der Waals surface area contributed by atoms with E-state index in [9.17, 15) is 27.6 Å². The number of methoxy groups -OCH3 is 1. The van der Waals surface area contributed by atoms with Gasteiger partial charge in [-0.25, -0.2) is 4.98 Å². The largest absolute Gasteiger partial charge is 0.494 e. The predicted molar refractivity (Wildman–Crippen MR) is 186 cm³/mol. The zero-order valence-corrected chi connectivity index (χ0v) is 28.8. The van der Waals surface area contributed by atoms with Crippen molar-refractivity contribution in [3.05, 3.63) is 48.2 Å². The van der Waals surface area contributed by atoms with Crippen LogP contribution in [0.1, 0.15) is 32.8 Å². The Morgan fingerprint density at radius 1 is 0.840 bits per heavy atom. The smallest absolute Gasteiger partial charge is 0.421 e. The van der Waals surface area contributed by atoms with Crippen LogP contribution in [0.25, 0.3) is 0 Å². The van der Waals surface area contributed by atoms with E-state index >= 15 is 0 Å². The second kappa shape index (κ2) is 15.1. The van der Waals surface area contributed by atoms with Gasteiger partial charge in [-0.1, -0.05) is 6.92 Å². The van der Waals surface area contributed by atoms with Gasteiger partial charge in [0.15, 0.2) is 0 Å². The second-order valence-electron chi connectivity index (χ2n) is 12.1. The molecule has 3 aromatic rings. The number of hydrogen-bond acceptors (Lipinski definition) is 10. The standard InChI is InChI=1S/C34H42F3N9O4/c1-6-31(49)42(4)29-19-24(45-15-11-43(12-16-45)22(2)47)7-9-27(29)39-32-26(34(35,36)37)21-38-33(41-32)40-28-10-8-25(20-30(28)50-5)46-17-13-44(14-18-46)23(3)48/h7-10,19-21H,6,11-18H2,1-5H3,(H2,38,39,40,41). The van der Waals surface area contributed by atoms with Gasteiger partial charge < -0.3 is 39.9 Å². The molecule has 0 aliphatic carbocycles. The first-order valence-corrected chi connectivity index (χ1v) is 16.4. The number of rotatable bonds is 9. The zero-order valence-electron chi connectivity index (χ0n) is 28.8. The fourth-order valence-electron chi connectivity index (χ4n) is 6.00. The van der Waals surface area contributed by atoms with Crippen molar-refractivity contribution in [3.63, 3.8) is 0 Å². The minimum absolute atomic E-state index is 0.00601. The molecule has 268 valence electrons. The third-order valence-electron chi connectivity index (χ3n) is 8.98. The minimum atomic E-state index is -4.78. The van der Waals surface area contributed by atoms with E-state index in [2.05, 4.69) is 30.4 Å². The van der Waals surface area contributed by atoms with Crippen molar-refractivity contribution in [1.29, 1.82) is 0 Å². The zero-order chi connectivity index (χ0) is 36.2. The minimum Gasteiger partial charge on any atom is -0.494 e. The quantitative estimate of drug-likeness (QED) is 0.325. The highest BCUT2D eigenvalue weighted by Crippen LogP contribution is 2.39. The average molecular weight is 698 g/mol. The van der Waals surface area contributed by atoms with E-state index in [-0.39, 0.29) is 35.8 Å². The Balaban J connectivity index is 1.43. The Labute approximate surface area is 289 Å². The van der Waals surface area contributed by atoms with Crippen LogP contribution in [0.5, 0.6) is 5.75 Å². The highest BCUT2D eigenvalue weighted by molar-refractivity contribution is 5.97. The van der Waals surface area contributed by atoms with Crippen molar-refractivity contribution in [2.24, 2.45) is 0 Å². The van der Waals surface area contributed by atoms with Gasteiger partial charge in [-0.15, -0.1) is 0 Å². The molecule has 1 aromatic heterocycles. The SMILES string of the molecule is CCC(=O)N(C)c1cc(N2CCN(C(C)=O)CC2)ccc1Nc1nc(Nc2ccc(N3CCN(C(C)=O)CC3)cc2OC)ncc1C(F)(F)F. The van der Waals surface area contributed by atoms with E-state index in [0.717, 1.165) is 11.4 Å². The number of ether oxygens (including phenoxy) is 1. The number of halogens is 3. The van der Waals surface area contributed by atoms with Crippen molar-refractivity contribution in [2.45, 2.75) is 33.4 Å². The number of carbonyl (C=O) groups is 3. The molecule has 2 N–H and O–H groups in total. The molecule has 0 atom stereocenters. The second-order valence-corrected chi connectivity index (χ2v) is 12.1. The van der Waals surface area contributed by atoms with Gasteiger partial charge in [-0.05, 0) is 30.3 Å². The molecular weight excluding hydrogens is 655 g/mol. The van der Waals surface area contributed by atoms with Crippen molar-refractivity contribution >= 4 is 57.9 Å². The molecule has 2 aromatic carbocycles. The monoisotopic (exact) mass is 697 g/mol. The maximum absolute atomic E-state index is 14.3. The van der Waals surface area contributed by atoms with Crippen LogP contribution in [0, 0.1) is 0 Å². The van der Waals surface area contributed by atoms with Crippen LogP contribution < -0.4 is 30.1 Å². The lowest BCUT2D eigenvalue weighted by atomic mass is 10.1. The van der Waals surface area contributed by atoms with E-state index in [1.54, 1.807) is 55.0 Å². The van der Waals surface area contributed by atoms with Gasteiger partial charge in [0, 0.05) is 103 Å². The molecule has 3 heterocycles. The topological polar surface area (TPSA) is 126 Å². The number of aromatic nitrogens is 2. The number of carbonyl (C=O) groups excluding carboxylic acids is 3. The molecule has 2 saturated heterocycles. The normalized spacial score (nSPS) is 15.1. The van der Waals surface area contributed by atoms with E-state index in [0.29, 0.717) is 75.7 Å². The number of piperazine rings is 2. The summed E-state index contributed by atoms with van der Waals surface area (Å²) in [5.74, 6) is -0.396. The number of nitrogens with zero attached hydrogens (tertiary/aromatic N) is 7. The van der Waals surface area contributed by atoms with Crippen molar-refractivity contribution in [2.75, 3.05) is 91.8 Å². The van der Waals surface area contributed by atoms with Gasteiger partial charge >= 0.3 is 6.18 Å². The Morgan fingerprint density at radius 2 is 1.38 bits per heavy atom. The lowest BCUT2D eigenvalue weighted by Crippen LogP contribution is -2.48. The average Bonchev–Trinajstić information content (AvgIpc) is 3.11. The number of anilines is 7. The molecule has 0 radical (unpaired) electrons. The van der Waals surface area contributed by atoms with Crippen LogP contribution >= 0.6 is 0 Å². The summed E-state index contributed by atoms with van der Waals surface area (Å²) in [6.45, 7) is 9.46. The fraction of sp³-hybridized carbons (Fsp3) is 0.441. The predicted octanol–water partition coefficient (Wildman–Crippen LogP) is 4.70. The highest BCUT2D eigenvalue weighted by Gasteiger charge is 2.36. The summed E-state index contributed by atoms with van der Waals surface area (Å²) < 4.78 is 48.4. The van der Waals surface area contributed by atoms with Crippen molar-refractivity contribution in [3.8, 4) is 5.75 Å². The molecule has 2 fully saturated rings. The van der Waals surface area contributed by atoms with Gasteiger partial charge in [0.2, 0.25) is 23.7 Å². The molecule has 2 aliphatic heterocycles. The lowest BCUT2D eigenvalue weighted by Gasteiger charge is -2.36. The number of alkyl halides is 3. The summed E-state index contributed by atoms with van der Waals surface area (Å²) >= 11 is 0. The Bertz CT molecular complexity index is 1720. The van der Waals surface area contributed by atoms with E-state index in [4.69, 9.17) is 4.74 Å². The molecule has 2 aliphatic rings. The number of nitrogens with one attached hydrogen (secondary N) is 2. The third-order valence-corrected chi connectivity index (χ3v) is 8.98. The molecule has 13 nitrogen and oxygen atoms in total. The summed E-state index contributed by atoms with van der Waals surface area (Å²) in [5.41, 5.74) is 1.59. The molecule has 0 bridgehead atoms. The van der Waals surface area contributed by atoms with Crippen molar-refractivity contribution in [1.82, 2.24) is 19.8 Å². The Kier molecular flexibility index (Phi) is 10.9. The van der Waals surface area contributed by atoms with Gasteiger partial charge in [0.25, 0.3) is 0 Å². The summed E-state index contributed by atoms with van der Waals surface area (Å²) in [4.78, 5) is 53.7. The van der Waals surface area contributed by atoms with E-state index in [1.807, 2.05) is 12.1 Å². The molecule has 50 heavy (non-hydrogen) atoms. The third kappa shape index (κ3) is 8.12. The van der Waals surface area contributed by atoms with Crippen LogP contribution in [-0.4, -0.2) is 104 Å². The highest BCUT2D eigenvalue weighted by atomic mass is 19.4. The first-order valence-electron chi connectivity index (χ1n) is 16.4. The van der Waals surface area contributed by atoms with E-state index < -0.39 is 17.6 Å².